The van der Waals surface area contributed by atoms with Gasteiger partial charge in [-0.15, -0.1) is 0 Å². The Morgan fingerprint density at radius 1 is 0.564 bits per heavy atom. The second-order valence-electron chi connectivity index (χ2n) is 15.3. The van der Waals surface area contributed by atoms with Crippen molar-refractivity contribution in [1.82, 2.24) is 4.57 Å². The molecule has 1 heterocycles. The van der Waals surface area contributed by atoms with Gasteiger partial charge in [-0.25, -0.2) is 0 Å². The van der Waals surface area contributed by atoms with E-state index in [1.54, 1.807) is 0 Å². The van der Waals surface area contributed by atoms with Gasteiger partial charge in [0.25, 0.3) is 0 Å². The van der Waals surface area contributed by atoms with Crippen molar-refractivity contribution in [1.29, 1.82) is 0 Å². The minimum atomic E-state index is 0.572. The van der Waals surface area contributed by atoms with Gasteiger partial charge in [0.05, 0.1) is 11.0 Å². The Morgan fingerprint density at radius 3 is 1.95 bits per heavy atom. The van der Waals surface area contributed by atoms with Gasteiger partial charge in [0.15, 0.2) is 0 Å². The van der Waals surface area contributed by atoms with Crippen molar-refractivity contribution >= 4 is 55.0 Å². The molecule has 0 spiro atoms. The van der Waals surface area contributed by atoms with Crippen LogP contribution in [0.1, 0.15) is 42.9 Å². The van der Waals surface area contributed by atoms with E-state index in [9.17, 15) is 0 Å². The monoisotopic (exact) mass is 705 g/mol. The van der Waals surface area contributed by atoms with Crippen LogP contribution < -0.4 is 0 Å². The van der Waals surface area contributed by atoms with E-state index in [2.05, 4.69) is 189 Å². The van der Waals surface area contributed by atoms with Gasteiger partial charge in [-0.05, 0) is 146 Å². The summed E-state index contributed by atoms with van der Waals surface area (Å²) in [6.45, 7) is 8.78. The third-order valence-corrected chi connectivity index (χ3v) is 12.1. The van der Waals surface area contributed by atoms with Crippen molar-refractivity contribution in [3.8, 4) is 27.9 Å². The summed E-state index contributed by atoms with van der Waals surface area (Å²) in [6.07, 6.45) is 16.9. The molecule has 0 saturated heterocycles. The molecule has 0 aliphatic heterocycles. The van der Waals surface area contributed by atoms with Crippen molar-refractivity contribution in [2.24, 2.45) is 5.92 Å². The summed E-state index contributed by atoms with van der Waals surface area (Å²) in [5.41, 5.74) is 16.8. The molecule has 0 fully saturated rings. The van der Waals surface area contributed by atoms with Gasteiger partial charge in [0, 0.05) is 16.5 Å². The molecule has 0 radical (unpaired) electrons. The number of hydrogen-bond acceptors (Lipinski definition) is 0. The highest BCUT2D eigenvalue weighted by molar-refractivity contribution is 6.19. The summed E-state index contributed by atoms with van der Waals surface area (Å²) in [4.78, 5) is 0. The van der Waals surface area contributed by atoms with Gasteiger partial charge in [-0.1, -0.05) is 147 Å². The average Bonchev–Trinajstić information content (AvgIpc) is 3.57. The Bertz CT molecular complexity index is 2960. The third kappa shape index (κ3) is 5.53. The maximum Gasteiger partial charge on any atom is 0.0541 e. The van der Waals surface area contributed by atoms with Crippen LogP contribution in [0.3, 0.4) is 0 Å². The number of fused-ring (bicyclic) bond motifs is 5. The number of allylic oxidation sites excluding steroid dienone is 8. The summed E-state index contributed by atoms with van der Waals surface area (Å²) in [7, 11) is 0. The number of benzene rings is 7. The summed E-state index contributed by atoms with van der Waals surface area (Å²) in [5, 5.41) is 7.73. The lowest BCUT2D eigenvalue weighted by Gasteiger charge is -2.25. The molecule has 1 unspecified atom stereocenters. The molecule has 264 valence electrons. The Balaban J connectivity index is 1.11. The number of aryl methyl sites for hydroxylation is 1. The van der Waals surface area contributed by atoms with Gasteiger partial charge < -0.3 is 4.57 Å². The lowest BCUT2D eigenvalue weighted by Crippen LogP contribution is -2.06. The van der Waals surface area contributed by atoms with Gasteiger partial charge in [-0.3, -0.25) is 0 Å². The second-order valence-corrected chi connectivity index (χ2v) is 15.3. The van der Waals surface area contributed by atoms with Crippen molar-refractivity contribution in [3.05, 3.63) is 198 Å². The van der Waals surface area contributed by atoms with Crippen LogP contribution in [0.15, 0.2) is 182 Å². The minimum Gasteiger partial charge on any atom is -0.309 e. The minimum absolute atomic E-state index is 0.572. The fourth-order valence-electron chi connectivity index (χ4n) is 9.32. The van der Waals surface area contributed by atoms with Crippen LogP contribution in [-0.2, 0) is 0 Å². The number of aromatic nitrogens is 1. The quantitative estimate of drug-likeness (QED) is 0.152. The van der Waals surface area contributed by atoms with Crippen LogP contribution >= 0.6 is 0 Å². The molecule has 0 saturated carbocycles. The largest absolute Gasteiger partial charge is 0.309 e. The van der Waals surface area contributed by atoms with E-state index in [1.165, 1.54) is 105 Å². The molecule has 1 aromatic heterocycles. The zero-order chi connectivity index (χ0) is 37.0. The third-order valence-electron chi connectivity index (χ3n) is 12.1. The smallest absolute Gasteiger partial charge is 0.0541 e. The second kappa shape index (κ2) is 13.4. The van der Waals surface area contributed by atoms with Crippen LogP contribution in [-0.4, -0.2) is 4.57 Å². The van der Waals surface area contributed by atoms with Crippen molar-refractivity contribution in [3.63, 3.8) is 0 Å². The molecule has 7 aromatic carbocycles. The van der Waals surface area contributed by atoms with Crippen LogP contribution in [0, 0.1) is 12.8 Å². The van der Waals surface area contributed by atoms with Crippen molar-refractivity contribution in [2.75, 3.05) is 0 Å². The number of para-hydroxylation sites is 2. The van der Waals surface area contributed by atoms with E-state index in [4.69, 9.17) is 0 Å². The Morgan fingerprint density at radius 2 is 1.20 bits per heavy atom. The van der Waals surface area contributed by atoms with E-state index in [-0.39, 0.29) is 0 Å². The lowest BCUT2D eigenvalue weighted by molar-refractivity contribution is 0.683. The highest BCUT2D eigenvalue weighted by atomic mass is 15.0. The topological polar surface area (TPSA) is 4.93 Å². The lowest BCUT2D eigenvalue weighted by atomic mass is 9.79. The molecule has 0 N–H and O–H groups in total. The van der Waals surface area contributed by atoms with Gasteiger partial charge in [0.1, 0.15) is 0 Å². The molecule has 1 heteroatoms. The van der Waals surface area contributed by atoms with Crippen LogP contribution in [0.25, 0.3) is 82.9 Å². The summed E-state index contributed by atoms with van der Waals surface area (Å²) >= 11 is 0. The first-order chi connectivity index (χ1) is 27.1. The van der Waals surface area contributed by atoms with E-state index in [0.717, 1.165) is 19.3 Å². The average molecular weight is 706 g/mol. The molecule has 0 amide bonds. The zero-order valence-electron chi connectivity index (χ0n) is 31.5. The molecule has 2 aliphatic carbocycles. The van der Waals surface area contributed by atoms with Crippen LogP contribution in [0.2, 0.25) is 0 Å². The summed E-state index contributed by atoms with van der Waals surface area (Å²) < 4.78 is 2.38. The zero-order valence-corrected chi connectivity index (χ0v) is 31.5. The molecule has 8 aromatic rings. The summed E-state index contributed by atoms with van der Waals surface area (Å²) in [5.74, 6) is 0.572. The summed E-state index contributed by atoms with van der Waals surface area (Å²) in [6, 6.07) is 49.4. The van der Waals surface area contributed by atoms with Gasteiger partial charge in [-0.2, -0.15) is 0 Å². The predicted octanol–water partition coefficient (Wildman–Crippen LogP) is 15.0. The molecular weight excluding hydrogens is 663 g/mol. The predicted molar refractivity (Wildman–Crippen MR) is 238 cm³/mol. The molecule has 0 bridgehead atoms. The highest BCUT2D eigenvalue weighted by Crippen LogP contribution is 2.46. The van der Waals surface area contributed by atoms with Crippen LogP contribution in [0.4, 0.5) is 0 Å². The first kappa shape index (κ1) is 33.2. The molecule has 55 heavy (non-hydrogen) atoms. The molecule has 10 rings (SSSR count). The highest BCUT2D eigenvalue weighted by Gasteiger charge is 2.22. The molecule has 2 aliphatic rings. The normalized spacial score (nSPS) is 15.7. The van der Waals surface area contributed by atoms with E-state index >= 15 is 0 Å². The van der Waals surface area contributed by atoms with Crippen LogP contribution in [0.5, 0.6) is 0 Å². The number of nitrogens with zero attached hydrogens (tertiary/aromatic N) is 1. The Labute approximate surface area is 323 Å². The van der Waals surface area contributed by atoms with E-state index in [1.807, 2.05) is 6.08 Å². The molecular formula is C54H43N. The Kier molecular flexibility index (Phi) is 8.11. The van der Waals surface area contributed by atoms with Gasteiger partial charge in [0.2, 0.25) is 0 Å². The van der Waals surface area contributed by atoms with Crippen molar-refractivity contribution < 1.29 is 0 Å². The SMILES string of the molecule is C=Cc1cc2c(-c3ccc(-c4ccc5c(c4)c4ccccc4n5-c4ccccc4)cc3)c3ccccc3c(C3=CC=C(C4=CC=CCC4C)CC3)c2cc1C. The fourth-order valence-corrected chi connectivity index (χ4v) is 9.32. The van der Waals surface area contributed by atoms with Crippen molar-refractivity contribution in [2.45, 2.75) is 33.1 Å². The molecule has 1 atom stereocenters. The van der Waals surface area contributed by atoms with E-state index in [0.29, 0.717) is 5.92 Å². The Hall–Kier alpha value is -6.44. The van der Waals surface area contributed by atoms with E-state index < -0.39 is 0 Å². The fraction of sp³-hybridized carbons (Fsp3) is 0.111. The maximum absolute atomic E-state index is 4.21. The first-order valence-corrected chi connectivity index (χ1v) is 19.7. The maximum atomic E-state index is 4.21. The number of hydrogen-bond donors (Lipinski definition) is 0. The molecule has 1 nitrogen and oxygen atoms in total. The number of rotatable bonds is 6. The first-order valence-electron chi connectivity index (χ1n) is 19.7. The standard InChI is InChI=1S/C54H43N/c1-4-37-33-50-49(32-36(37)3)53(41-28-24-39(25-29-41)44-17-9-8-14-35(44)2)46-19-10-11-20-47(46)54(50)40-26-22-38(23-27-40)42-30-31-52-48(34-42)45-18-12-13-21-51(45)55(52)43-15-6-5-7-16-43/h4-13,15-24,26-28,30-35H,1,14,25,29H2,2-3H3. The van der Waals surface area contributed by atoms with Gasteiger partial charge >= 0.3 is 0 Å².